The summed E-state index contributed by atoms with van der Waals surface area (Å²) in [6.07, 6.45) is 4.26. The van der Waals surface area contributed by atoms with Crippen LogP contribution in [-0.2, 0) is 4.79 Å². The van der Waals surface area contributed by atoms with Crippen LogP contribution in [-0.4, -0.2) is 45.6 Å². The first-order valence-corrected chi connectivity index (χ1v) is 6.99. The van der Waals surface area contributed by atoms with E-state index in [1.807, 2.05) is 11.8 Å². The van der Waals surface area contributed by atoms with Crippen molar-refractivity contribution < 1.29 is 9.90 Å². The van der Waals surface area contributed by atoms with Crippen LogP contribution in [0.4, 0.5) is 0 Å². The highest BCUT2D eigenvalue weighted by Crippen LogP contribution is 2.42. The summed E-state index contributed by atoms with van der Waals surface area (Å²) >= 11 is 2.02. The Morgan fingerprint density at radius 3 is 2.13 bits per heavy atom. The molecule has 3 rings (SSSR count). The van der Waals surface area contributed by atoms with E-state index >= 15 is 0 Å². The van der Waals surface area contributed by atoms with Gasteiger partial charge in [0.15, 0.2) is 0 Å². The van der Waals surface area contributed by atoms with Gasteiger partial charge in [-0.2, -0.15) is 11.8 Å². The molecule has 0 amide bonds. The molecule has 0 aromatic heterocycles. The molecule has 4 heteroatoms. The molecule has 3 saturated heterocycles. The second-order valence-corrected chi connectivity index (χ2v) is 6.10. The predicted molar refractivity (Wildman–Crippen MR) is 60.1 cm³/mol. The Bertz CT molecular complexity index is 266. The van der Waals surface area contributed by atoms with Crippen LogP contribution < -0.4 is 0 Å². The summed E-state index contributed by atoms with van der Waals surface area (Å²) in [6, 6.07) is 1.92. The number of hydrogen-bond acceptors (Lipinski definition) is 3. The van der Waals surface area contributed by atoms with E-state index in [0.29, 0.717) is 12.1 Å². The van der Waals surface area contributed by atoms with E-state index in [4.69, 9.17) is 5.11 Å². The fraction of sp³-hybridized carbons (Fsp3) is 0.909. The van der Waals surface area contributed by atoms with Gasteiger partial charge in [0.1, 0.15) is 0 Å². The number of piperidine rings is 1. The highest BCUT2D eigenvalue weighted by molar-refractivity contribution is 8.00. The third-order valence-electron chi connectivity index (χ3n) is 4.18. The smallest absolute Gasteiger partial charge is 0.306 e. The predicted octanol–water partition coefficient (Wildman–Crippen LogP) is 1.43. The molecule has 3 aliphatic rings. The van der Waals surface area contributed by atoms with Crippen molar-refractivity contribution in [1.29, 1.82) is 0 Å². The number of rotatable bonds is 2. The summed E-state index contributed by atoms with van der Waals surface area (Å²) in [4.78, 5) is 13.7. The molecule has 3 nitrogen and oxygen atoms in total. The van der Waals surface area contributed by atoms with Gasteiger partial charge in [0.05, 0.1) is 5.92 Å². The van der Waals surface area contributed by atoms with Crippen LogP contribution in [0.25, 0.3) is 0 Å². The lowest BCUT2D eigenvalue weighted by Crippen LogP contribution is -2.54. The average Bonchev–Trinajstić information content (AvgIpc) is 2.39. The van der Waals surface area contributed by atoms with Gasteiger partial charge < -0.3 is 5.11 Å². The Hall–Kier alpha value is -0.220. The molecular formula is C11H17NO2S. The van der Waals surface area contributed by atoms with Gasteiger partial charge >= 0.3 is 5.97 Å². The molecular weight excluding hydrogens is 210 g/mol. The highest BCUT2D eigenvalue weighted by Gasteiger charge is 2.46. The van der Waals surface area contributed by atoms with Crippen LogP contribution in [0.3, 0.4) is 0 Å². The van der Waals surface area contributed by atoms with Gasteiger partial charge in [-0.05, 0) is 25.7 Å². The zero-order chi connectivity index (χ0) is 10.4. The van der Waals surface area contributed by atoms with Crippen LogP contribution in [0.5, 0.6) is 0 Å². The number of aliphatic carboxylic acids is 1. The Labute approximate surface area is 94.2 Å². The monoisotopic (exact) mass is 227 g/mol. The Balaban J connectivity index is 1.72. The van der Waals surface area contributed by atoms with E-state index in [-0.39, 0.29) is 5.92 Å². The van der Waals surface area contributed by atoms with Crippen LogP contribution in [0.15, 0.2) is 0 Å². The highest BCUT2D eigenvalue weighted by atomic mass is 32.2. The van der Waals surface area contributed by atoms with Crippen molar-refractivity contribution in [2.75, 3.05) is 11.5 Å². The van der Waals surface area contributed by atoms with Gasteiger partial charge in [-0.3, -0.25) is 9.69 Å². The molecule has 15 heavy (non-hydrogen) atoms. The molecule has 2 unspecified atom stereocenters. The normalized spacial score (nSPS) is 41.5. The van der Waals surface area contributed by atoms with Crippen LogP contribution in [0, 0.1) is 5.92 Å². The lowest BCUT2D eigenvalue weighted by atomic mass is 9.90. The van der Waals surface area contributed by atoms with Crippen molar-refractivity contribution in [3.8, 4) is 0 Å². The zero-order valence-electron chi connectivity index (χ0n) is 8.76. The van der Waals surface area contributed by atoms with Crippen molar-refractivity contribution >= 4 is 17.7 Å². The third kappa shape index (κ3) is 1.58. The van der Waals surface area contributed by atoms with Crippen molar-refractivity contribution in [2.45, 2.75) is 43.8 Å². The van der Waals surface area contributed by atoms with Crippen molar-refractivity contribution in [2.24, 2.45) is 5.92 Å². The largest absolute Gasteiger partial charge is 0.481 e. The van der Waals surface area contributed by atoms with Crippen LogP contribution in [0.1, 0.15) is 25.7 Å². The number of carboxylic acid groups (broad SMARTS) is 1. The molecule has 3 fully saturated rings. The topological polar surface area (TPSA) is 40.5 Å². The molecule has 0 saturated carbocycles. The Kier molecular flexibility index (Phi) is 2.44. The molecule has 0 aliphatic carbocycles. The minimum absolute atomic E-state index is 0.0634. The molecule has 2 atom stereocenters. The molecule has 84 valence electrons. The molecule has 0 aromatic rings. The van der Waals surface area contributed by atoms with Gasteiger partial charge in [0.2, 0.25) is 0 Å². The van der Waals surface area contributed by atoms with Gasteiger partial charge in [-0.1, -0.05) is 0 Å². The van der Waals surface area contributed by atoms with Gasteiger partial charge in [-0.15, -0.1) is 0 Å². The van der Waals surface area contributed by atoms with Crippen molar-refractivity contribution in [3.63, 3.8) is 0 Å². The number of hydrogen-bond donors (Lipinski definition) is 1. The second-order valence-electron chi connectivity index (χ2n) is 5.03. The Morgan fingerprint density at radius 2 is 1.73 bits per heavy atom. The van der Waals surface area contributed by atoms with Crippen molar-refractivity contribution in [1.82, 2.24) is 4.90 Å². The second kappa shape index (κ2) is 3.67. The number of carboxylic acids is 1. The maximum atomic E-state index is 11.0. The first-order chi connectivity index (χ1) is 7.25. The van der Waals surface area contributed by atoms with Crippen LogP contribution >= 0.6 is 11.8 Å². The molecule has 0 spiro atoms. The van der Waals surface area contributed by atoms with Gasteiger partial charge in [0, 0.05) is 29.6 Å². The van der Waals surface area contributed by atoms with Crippen LogP contribution in [0.2, 0.25) is 0 Å². The van der Waals surface area contributed by atoms with Crippen molar-refractivity contribution in [3.05, 3.63) is 0 Å². The number of nitrogens with zero attached hydrogens (tertiary/aromatic N) is 1. The SMILES string of the molecule is O=C(O)C1CC2CCC(C1)N2C1CSC1. The maximum absolute atomic E-state index is 11.0. The van der Waals surface area contributed by atoms with E-state index in [2.05, 4.69) is 4.90 Å². The van der Waals surface area contributed by atoms with E-state index in [1.165, 1.54) is 24.3 Å². The average molecular weight is 227 g/mol. The molecule has 3 heterocycles. The van der Waals surface area contributed by atoms with Gasteiger partial charge in [-0.25, -0.2) is 0 Å². The lowest BCUT2D eigenvalue weighted by molar-refractivity contribution is -0.144. The lowest BCUT2D eigenvalue weighted by Gasteiger charge is -2.45. The number of carbonyl (C=O) groups is 1. The maximum Gasteiger partial charge on any atom is 0.306 e. The zero-order valence-corrected chi connectivity index (χ0v) is 9.58. The fourth-order valence-electron chi connectivity index (χ4n) is 3.41. The van der Waals surface area contributed by atoms with E-state index < -0.39 is 5.97 Å². The molecule has 1 N–H and O–H groups in total. The summed E-state index contributed by atoms with van der Waals surface area (Å²) in [6.45, 7) is 0. The quantitative estimate of drug-likeness (QED) is 0.775. The fourth-order valence-corrected chi connectivity index (χ4v) is 4.20. The summed E-state index contributed by atoms with van der Waals surface area (Å²) < 4.78 is 0. The number of fused-ring (bicyclic) bond motifs is 2. The molecule has 2 bridgehead atoms. The Morgan fingerprint density at radius 1 is 1.13 bits per heavy atom. The molecule has 3 aliphatic heterocycles. The molecule has 0 radical (unpaired) electrons. The summed E-state index contributed by atoms with van der Waals surface area (Å²) in [5.74, 6) is 1.90. The summed E-state index contributed by atoms with van der Waals surface area (Å²) in [7, 11) is 0. The minimum Gasteiger partial charge on any atom is -0.481 e. The van der Waals surface area contributed by atoms with E-state index in [1.54, 1.807) is 0 Å². The van der Waals surface area contributed by atoms with E-state index in [9.17, 15) is 4.79 Å². The number of thioether (sulfide) groups is 1. The first-order valence-electron chi connectivity index (χ1n) is 5.83. The van der Waals surface area contributed by atoms with E-state index in [0.717, 1.165) is 18.9 Å². The summed E-state index contributed by atoms with van der Waals surface area (Å²) in [5, 5.41) is 9.07. The minimum atomic E-state index is -0.575. The standard InChI is InChI=1S/C11H17NO2S/c13-11(14)7-3-8-1-2-9(4-7)12(8)10-5-15-6-10/h7-10H,1-6H2,(H,13,14). The third-order valence-corrected chi connectivity index (χ3v) is 5.42. The molecule has 0 aromatic carbocycles. The first kappa shape index (κ1) is 9.97. The van der Waals surface area contributed by atoms with Gasteiger partial charge in [0.25, 0.3) is 0 Å². The summed E-state index contributed by atoms with van der Waals surface area (Å²) in [5.41, 5.74) is 0.